The third-order valence-electron chi connectivity index (χ3n) is 3.51. The van der Waals surface area contributed by atoms with Crippen molar-refractivity contribution >= 4 is 0 Å². The normalized spacial score (nSPS) is 17.1. The van der Waals surface area contributed by atoms with E-state index in [0.717, 1.165) is 18.9 Å². The lowest BCUT2D eigenvalue weighted by Gasteiger charge is -2.17. The molecule has 0 aliphatic heterocycles. The molecule has 1 saturated carbocycles. The minimum atomic E-state index is -0.147. The maximum atomic E-state index is 12.8. The third kappa shape index (κ3) is 4.47. The minimum absolute atomic E-state index is 0.147. The number of nitrogens with one attached hydrogen (secondary N) is 1. The molecule has 1 aromatic carbocycles. The third-order valence-corrected chi connectivity index (χ3v) is 3.51. The molecule has 2 rings (SSSR count). The molecule has 1 aliphatic rings. The fraction of sp³-hybridized carbons (Fsp3) is 0.600. The van der Waals surface area contributed by atoms with Gasteiger partial charge in [0.15, 0.2) is 0 Å². The van der Waals surface area contributed by atoms with Crippen molar-refractivity contribution in [2.75, 3.05) is 6.54 Å². The second kappa shape index (κ2) is 6.15. The number of hydrogen-bond donors (Lipinski definition) is 1. The van der Waals surface area contributed by atoms with Crippen LogP contribution in [-0.2, 0) is 6.42 Å². The van der Waals surface area contributed by atoms with Gasteiger partial charge >= 0.3 is 0 Å². The van der Waals surface area contributed by atoms with Gasteiger partial charge in [0, 0.05) is 6.04 Å². The molecule has 1 fully saturated rings. The highest BCUT2D eigenvalue weighted by Crippen LogP contribution is 2.34. The molecule has 1 aliphatic carbocycles. The molecule has 0 amide bonds. The fourth-order valence-corrected chi connectivity index (χ4v) is 2.31. The predicted molar refractivity (Wildman–Crippen MR) is 69.5 cm³/mol. The predicted octanol–water partition coefficient (Wildman–Crippen LogP) is 3.54. The second-order valence-electron chi connectivity index (χ2n) is 5.11. The monoisotopic (exact) mass is 235 g/mol. The van der Waals surface area contributed by atoms with Crippen LogP contribution in [0, 0.1) is 11.7 Å². The smallest absolute Gasteiger partial charge is 0.123 e. The quantitative estimate of drug-likeness (QED) is 0.762. The average Bonchev–Trinajstić information content (AvgIpc) is 3.13. The lowest BCUT2D eigenvalue weighted by Crippen LogP contribution is -2.31. The summed E-state index contributed by atoms with van der Waals surface area (Å²) in [4.78, 5) is 0. The van der Waals surface area contributed by atoms with Gasteiger partial charge in [-0.1, -0.05) is 31.9 Å². The van der Waals surface area contributed by atoms with E-state index in [-0.39, 0.29) is 5.82 Å². The van der Waals surface area contributed by atoms with Crippen LogP contribution in [-0.4, -0.2) is 12.6 Å². The van der Waals surface area contributed by atoms with Gasteiger partial charge in [-0.05, 0) is 49.4 Å². The van der Waals surface area contributed by atoms with Crippen molar-refractivity contribution in [2.45, 2.75) is 45.1 Å². The summed E-state index contributed by atoms with van der Waals surface area (Å²) in [7, 11) is 0. The lowest BCUT2D eigenvalue weighted by atomic mass is 10.0. The van der Waals surface area contributed by atoms with Crippen LogP contribution < -0.4 is 5.32 Å². The van der Waals surface area contributed by atoms with Gasteiger partial charge in [-0.15, -0.1) is 0 Å². The molecule has 94 valence electrons. The van der Waals surface area contributed by atoms with E-state index in [0.29, 0.717) is 6.04 Å². The van der Waals surface area contributed by atoms with E-state index >= 15 is 0 Å². The Morgan fingerprint density at radius 2 is 2.00 bits per heavy atom. The Kier molecular flexibility index (Phi) is 4.55. The van der Waals surface area contributed by atoms with Crippen molar-refractivity contribution in [1.29, 1.82) is 0 Å². The van der Waals surface area contributed by atoms with E-state index < -0.39 is 0 Å². The Hall–Kier alpha value is -0.890. The minimum Gasteiger partial charge on any atom is -0.314 e. The van der Waals surface area contributed by atoms with Crippen molar-refractivity contribution in [3.63, 3.8) is 0 Å². The van der Waals surface area contributed by atoms with Gasteiger partial charge in [-0.25, -0.2) is 4.39 Å². The summed E-state index contributed by atoms with van der Waals surface area (Å²) in [5, 5.41) is 3.54. The molecule has 0 saturated heterocycles. The first-order chi connectivity index (χ1) is 8.28. The van der Waals surface area contributed by atoms with E-state index in [1.807, 2.05) is 12.1 Å². The maximum absolute atomic E-state index is 12.8. The Morgan fingerprint density at radius 1 is 1.29 bits per heavy atom. The summed E-state index contributed by atoms with van der Waals surface area (Å²) in [5.41, 5.74) is 1.23. The average molecular weight is 235 g/mol. The summed E-state index contributed by atoms with van der Waals surface area (Å²) in [6, 6.07) is 7.46. The molecule has 1 nitrogen and oxygen atoms in total. The molecule has 1 unspecified atom stereocenters. The van der Waals surface area contributed by atoms with E-state index in [1.165, 1.54) is 31.2 Å². The number of likely N-dealkylation sites (N-methyl/N-ethyl adjacent to an activating group) is 1. The number of hydrogen-bond acceptors (Lipinski definition) is 1. The van der Waals surface area contributed by atoms with Crippen LogP contribution in [0.25, 0.3) is 0 Å². The molecule has 1 atom stereocenters. The summed E-state index contributed by atoms with van der Waals surface area (Å²) in [6.45, 7) is 3.16. The van der Waals surface area contributed by atoms with Crippen LogP contribution in [0.2, 0.25) is 0 Å². The van der Waals surface area contributed by atoms with Crippen molar-refractivity contribution in [2.24, 2.45) is 5.92 Å². The summed E-state index contributed by atoms with van der Waals surface area (Å²) < 4.78 is 12.8. The number of rotatable bonds is 7. The molecular formula is C15H22FN. The Labute approximate surface area is 103 Å². The second-order valence-corrected chi connectivity index (χ2v) is 5.11. The summed E-state index contributed by atoms with van der Waals surface area (Å²) >= 11 is 0. The Morgan fingerprint density at radius 3 is 2.59 bits per heavy atom. The zero-order valence-corrected chi connectivity index (χ0v) is 10.6. The van der Waals surface area contributed by atoms with Crippen LogP contribution in [0.5, 0.6) is 0 Å². The van der Waals surface area contributed by atoms with Gasteiger partial charge in [-0.2, -0.15) is 0 Å². The maximum Gasteiger partial charge on any atom is 0.123 e. The van der Waals surface area contributed by atoms with Crippen molar-refractivity contribution in [1.82, 2.24) is 5.32 Å². The van der Waals surface area contributed by atoms with Gasteiger partial charge in [0.1, 0.15) is 5.82 Å². The zero-order valence-electron chi connectivity index (χ0n) is 10.6. The van der Waals surface area contributed by atoms with Crippen LogP contribution in [0.3, 0.4) is 0 Å². The number of halogens is 1. The first-order valence-electron chi connectivity index (χ1n) is 6.75. The highest BCUT2D eigenvalue weighted by atomic mass is 19.1. The van der Waals surface area contributed by atoms with E-state index in [9.17, 15) is 4.39 Å². The van der Waals surface area contributed by atoms with Crippen LogP contribution in [0.4, 0.5) is 4.39 Å². The van der Waals surface area contributed by atoms with Gasteiger partial charge < -0.3 is 5.32 Å². The molecule has 1 aromatic rings. The molecule has 0 radical (unpaired) electrons. The van der Waals surface area contributed by atoms with Crippen LogP contribution in [0.1, 0.15) is 38.2 Å². The van der Waals surface area contributed by atoms with E-state index in [4.69, 9.17) is 0 Å². The van der Waals surface area contributed by atoms with Crippen molar-refractivity contribution < 1.29 is 4.39 Å². The Bertz CT molecular complexity index is 329. The van der Waals surface area contributed by atoms with E-state index in [2.05, 4.69) is 12.2 Å². The Balaban J connectivity index is 1.84. The zero-order chi connectivity index (χ0) is 12.1. The van der Waals surface area contributed by atoms with Gasteiger partial charge in [0.05, 0.1) is 0 Å². The molecule has 2 heteroatoms. The summed E-state index contributed by atoms with van der Waals surface area (Å²) in [5.74, 6) is 0.844. The van der Waals surface area contributed by atoms with E-state index in [1.54, 1.807) is 12.1 Å². The molecule has 0 aromatic heterocycles. The van der Waals surface area contributed by atoms with Crippen LogP contribution in [0.15, 0.2) is 24.3 Å². The molecule has 0 spiro atoms. The molecule has 0 bridgehead atoms. The highest BCUT2D eigenvalue weighted by Gasteiger charge is 2.22. The fourth-order valence-electron chi connectivity index (χ4n) is 2.31. The standard InChI is InChI=1S/C15H22FN/c1-2-17-15(10-7-12-3-4-12)11-13-5-8-14(16)9-6-13/h5-6,8-9,12,15,17H,2-4,7,10-11H2,1H3. The first kappa shape index (κ1) is 12.6. The van der Waals surface area contributed by atoms with Gasteiger partial charge in [0.25, 0.3) is 0 Å². The SMILES string of the molecule is CCNC(CCC1CC1)Cc1ccc(F)cc1. The molecule has 0 heterocycles. The highest BCUT2D eigenvalue weighted by molar-refractivity contribution is 5.17. The first-order valence-corrected chi connectivity index (χ1v) is 6.75. The number of benzene rings is 1. The molecule has 17 heavy (non-hydrogen) atoms. The van der Waals surface area contributed by atoms with Crippen LogP contribution >= 0.6 is 0 Å². The van der Waals surface area contributed by atoms with Gasteiger partial charge in [0.2, 0.25) is 0 Å². The van der Waals surface area contributed by atoms with Crippen molar-refractivity contribution in [3.8, 4) is 0 Å². The molecule has 1 N–H and O–H groups in total. The van der Waals surface area contributed by atoms with Crippen molar-refractivity contribution in [3.05, 3.63) is 35.6 Å². The topological polar surface area (TPSA) is 12.0 Å². The van der Waals surface area contributed by atoms with Gasteiger partial charge in [-0.3, -0.25) is 0 Å². The lowest BCUT2D eigenvalue weighted by molar-refractivity contribution is 0.462. The molecular weight excluding hydrogens is 213 g/mol. The summed E-state index contributed by atoms with van der Waals surface area (Å²) in [6.07, 6.45) is 6.46. The largest absolute Gasteiger partial charge is 0.314 e.